The summed E-state index contributed by atoms with van der Waals surface area (Å²) in [4.78, 5) is 72.7. The Morgan fingerprint density at radius 3 is 1.88 bits per heavy atom. The Labute approximate surface area is 190 Å². The Morgan fingerprint density at radius 2 is 1.50 bits per heavy atom. The summed E-state index contributed by atoms with van der Waals surface area (Å²) in [7, 11) is -13.9. The summed E-state index contributed by atoms with van der Waals surface area (Å²) in [5, 5.41) is 14.1. The zero-order chi connectivity index (χ0) is 27.1. The molecule has 1 aliphatic heterocycles. The lowest BCUT2D eigenvalue weighted by Crippen LogP contribution is -2.33. The molecule has 0 aliphatic carbocycles. The van der Waals surface area contributed by atoms with Crippen LogP contribution >= 0.6 is 23.5 Å². The maximum absolute atomic E-state index is 9.99. The topological polar surface area (TPSA) is 332 Å². The number of aromatic nitrogens is 4. The van der Waals surface area contributed by atoms with Crippen LogP contribution in [0.2, 0.25) is 0 Å². The molecule has 22 heteroatoms. The van der Waals surface area contributed by atoms with Gasteiger partial charge >= 0.3 is 23.5 Å². The molecule has 34 heavy (non-hydrogen) atoms. The summed E-state index contributed by atoms with van der Waals surface area (Å²) in [6, 6.07) is 0. The van der Waals surface area contributed by atoms with Crippen LogP contribution in [0.25, 0.3) is 5.65 Å². The average Bonchev–Trinajstić information content (AvgIpc) is 3.13. The van der Waals surface area contributed by atoms with E-state index in [1.165, 1.54) is 10.8 Å². The van der Waals surface area contributed by atoms with Crippen molar-refractivity contribution in [2.75, 3.05) is 5.73 Å². The molecule has 3 rings (SSSR count). The molecule has 1 fully saturated rings. The Balaban J connectivity index is 0.000000599. The van der Waals surface area contributed by atoms with E-state index in [-0.39, 0.29) is 12.1 Å². The Kier molecular flexibility index (Phi) is 11.6. The minimum atomic E-state index is -4.64. The minimum absolute atomic E-state index is 0.245. The van der Waals surface area contributed by atoms with Gasteiger partial charge in [-0.1, -0.05) is 5.92 Å². The van der Waals surface area contributed by atoms with Gasteiger partial charge < -0.3 is 59.6 Å². The highest BCUT2D eigenvalue weighted by Gasteiger charge is 2.44. The molecule has 19 nitrogen and oxygen atoms in total. The van der Waals surface area contributed by atoms with E-state index in [0.717, 1.165) is 5.56 Å². The molecule has 0 spiro atoms. The lowest BCUT2D eigenvalue weighted by Gasteiger charge is -2.20. The largest absolute Gasteiger partial charge is 0.466 e. The van der Waals surface area contributed by atoms with Gasteiger partial charge in [0.05, 0.1) is 18.4 Å². The second kappa shape index (κ2) is 12.2. The van der Waals surface area contributed by atoms with E-state index in [1.807, 2.05) is 0 Å². The molecule has 0 aromatic carbocycles. The molecule has 2 aromatic heterocycles. The van der Waals surface area contributed by atoms with Gasteiger partial charge in [0.25, 0.3) is 0 Å². The van der Waals surface area contributed by atoms with Crippen LogP contribution in [0.3, 0.4) is 0 Å². The smallest absolute Gasteiger partial charge is 0.389 e. The maximum Gasteiger partial charge on any atom is 0.466 e. The number of aliphatic hydroxyl groups excluding tert-OH is 1. The standard InChI is InChI=1S/C12H13N5O2.3H3O4P/c1-3-12(2)9(18)4-8(19-12)7-5-16-17-10(7)14-6-15-11(17)13;3*1-5(2,3)4/h1,5-6,8-9,18H,4H2,2H3,(H2,13,14,15);3*(H3,1,2,3,4)/t8-,9+,12-;;;/m1.../s1. The number of aliphatic hydroxyl groups is 1. The number of hydrogen-bond acceptors (Lipinski definition) is 9. The molecule has 3 atom stereocenters. The van der Waals surface area contributed by atoms with Crippen molar-refractivity contribution in [2.45, 2.75) is 31.2 Å². The van der Waals surface area contributed by atoms with Crippen LogP contribution in [0.4, 0.5) is 5.95 Å². The first-order valence-electron chi connectivity index (χ1n) is 8.17. The number of hydrogen-bond donors (Lipinski definition) is 11. The van der Waals surface area contributed by atoms with Crippen molar-refractivity contribution < 1.29 is 67.6 Å². The molecule has 0 amide bonds. The monoisotopic (exact) mass is 553 g/mol. The Bertz CT molecular complexity index is 1060. The molecule has 3 heterocycles. The lowest BCUT2D eigenvalue weighted by atomic mass is 9.99. The first-order chi connectivity index (χ1) is 15.0. The van der Waals surface area contributed by atoms with Crippen molar-refractivity contribution in [3.63, 3.8) is 0 Å². The Hall–Kier alpha value is -1.84. The van der Waals surface area contributed by atoms with Crippen LogP contribution < -0.4 is 5.73 Å². The zero-order valence-corrected chi connectivity index (χ0v) is 19.6. The number of anilines is 1. The maximum atomic E-state index is 9.99. The van der Waals surface area contributed by atoms with Crippen molar-refractivity contribution in [1.82, 2.24) is 19.6 Å². The number of nitrogens with zero attached hydrogens (tertiary/aromatic N) is 4. The van der Waals surface area contributed by atoms with Crippen molar-refractivity contribution in [3.8, 4) is 12.3 Å². The number of nitrogen functional groups attached to an aromatic ring is 1. The van der Waals surface area contributed by atoms with Gasteiger partial charge in [0.1, 0.15) is 6.33 Å². The van der Waals surface area contributed by atoms with Gasteiger partial charge in [-0.05, 0) is 6.92 Å². The van der Waals surface area contributed by atoms with E-state index in [9.17, 15) is 5.11 Å². The summed E-state index contributed by atoms with van der Waals surface area (Å²) in [6.45, 7) is 1.69. The van der Waals surface area contributed by atoms with Gasteiger partial charge in [-0.25, -0.2) is 23.7 Å². The number of phosphoric acid groups is 3. The fourth-order valence-corrected chi connectivity index (χ4v) is 2.25. The van der Waals surface area contributed by atoms with E-state index in [4.69, 9.17) is 74.6 Å². The third kappa shape index (κ3) is 13.8. The highest BCUT2D eigenvalue weighted by molar-refractivity contribution is 7.45. The number of fused-ring (bicyclic) bond motifs is 1. The molecule has 0 bridgehead atoms. The summed E-state index contributed by atoms with van der Waals surface area (Å²) >= 11 is 0. The van der Waals surface area contributed by atoms with E-state index < -0.39 is 35.2 Å². The normalized spacial score (nSPS) is 22.3. The first kappa shape index (κ1) is 32.2. The molecule has 0 unspecified atom stereocenters. The first-order valence-corrected chi connectivity index (χ1v) is 12.9. The SMILES string of the molecule is C#C[C@@]1(C)O[C@@H](c2cnn3c(N)ncnc23)C[C@@H]1O.O=P(O)(O)O.O=P(O)(O)O.O=P(O)(O)O. The van der Waals surface area contributed by atoms with Crippen molar-refractivity contribution in [3.05, 3.63) is 18.1 Å². The molecular weight excluding hydrogens is 531 g/mol. The van der Waals surface area contributed by atoms with Crippen molar-refractivity contribution in [1.29, 1.82) is 0 Å². The number of terminal acetylenes is 1. The van der Waals surface area contributed by atoms with Crippen LogP contribution in [0.5, 0.6) is 0 Å². The molecule has 194 valence electrons. The van der Waals surface area contributed by atoms with E-state index in [0.29, 0.717) is 12.1 Å². The van der Waals surface area contributed by atoms with Crippen LogP contribution in [0.1, 0.15) is 25.0 Å². The molecule has 1 saturated heterocycles. The van der Waals surface area contributed by atoms with Crippen LogP contribution in [-0.2, 0) is 18.4 Å². The van der Waals surface area contributed by atoms with Crippen LogP contribution in [-0.4, -0.2) is 80.4 Å². The van der Waals surface area contributed by atoms with Gasteiger partial charge in [0.2, 0.25) is 5.95 Å². The molecule has 0 radical (unpaired) electrons. The summed E-state index contributed by atoms with van der Waals surface area (Å²) < 4.78 is 33.8. The van der Waals surface area contributed by atoms with Gasteiger partial charge in [-0.2, -0.15) is 9.61 Å². The van der Waals surface area contributed by atoms with Gasteiger partial charge in [0.15, 0.2) is 11.2 Å². The van der Waals surface area contributed by atoms with E-state index in [2.05, 4.69) is 21.0 Å². The Morgan fingerprint density at radius 1 is 1.06 bits per heavy atom. The molecule has 2 aromatic rings. The minimum Gasteiger partial charge on any atom is -0.389 e. The van der Waals surface area contributed by atoms with Gasteiger partial charge in [-0.3, -0.25) is 0 Å². The van der Waals surface area contributed by atoms with Gasteiger partial charge in [-0.15, -0.1) is 6.42 Å². The quantitative estimate of drug-likeness (QED) is 0.125. The average molecular weight is 553 g/mol. The third-order valence-electron chi connectivity index (χ3n) is 3.45. The number of nitrogens with two attached hydrogens (primary N) is 1. The second-order valence-corrected chi connectivity index (χ2v) is 9.30. The highest BCUT2D eigenvalue weighted by Crippen LogP contribution is 2.40. The summed E-state index contributed by atoms with van der Waals surface area (Å²) in [6.07, 6.45) is 7.69. The zero-order valence-electron chi connectivity index (χ0n) is 16.9. The van der Waals surface area contributed by atoms with Crippen LogP contribution in [0, 0.1) is 12.3 Å². The lowest BCUT2D eigenvalue weighted by molar-refractivity contribution is -0.0283. The van der Waals surface area contributed by atoms with E-state index in [1.54, 1.807) is 13.1 Å². The van der Waals surface area contributed by atoms with Crippen molar-refractivity contribution >= 4 is 35.1 Å². The summed E-state index contributed by atoms with van der Waals surface area (Å²) in [5.74, 6) is 2.73. The number of rotatable bonds is 1. The predicted octanol–water partition coefficient (Wildman–Crippen LogP) is -2.87. The fourth-order valence-electron chi connectivity index (χ4n) is 2.25. The molecular formula is C12H22N5O14P3. The third-order valence-corrected chi connectivity index (χ3v) is 3.45. The molecule has 1 aliphatic rings. The predicted molar refractivity (Wildman–Crippen MR) is 110 cm³/mol. The van der Waals surface area contributed by atoms with E-state index >= 15 is 0 Å². The fraction of sp³-hybridized carbons (Fsp3) is 0.417. The molecule has 0 saturated carbocycles. The van der Waals surface area contributed by atoms with Crippen LogP contribution in [0.15, 0.2) is 12.5 Å². The second-order valence-electron chi connectivity index (χ2n) is 6.22. The summed E-state index contributed by atoms with van der Waals surface area (Å²) in [5.41, 5.74) is 6.02. The molecule has 12 N–H and O–H groups in total. The van der Waals surface area contributed by atoms with Crippen molar-refractivity contribution in [2.24, 2.45) is 0 Å². The highest BCUT2D eigenvalue weighted by atomic mass is 31.2. The van der Waals surface area contributed by atoms with Gasteiger partial charge in [0, 0.05) is 12.0 Å². The number of ether oxygens (including phenoxy) is 1.